The Morgan fingerprint density at radius 2 is 0.822 bits per heavy atom. The first kappa shape index (κ1) is 33.8. The van der Waals surface area contributed by atoms with E-state index in [1.165, 1.54) is 0 Å². The van der Waals surface area contributed by atoms with Gasteiger partial charge in [-0.2, -0.15) is 9.59 Å². The molecule has 0 N–H and O–H groups in total. The van der Waals surface area contributed by atoms with E-state index in [1.807, 2.05) is 38.1 Å². The number of hydrogen-bond acceptors (Lipinski definition) is 10. The Morgan fingerprint density at radius 3 is 1.13 bits per heavy atom. The Balaban J connectivity index is 1.09. The SMILES string of the molecule is Cc1cc(C)c(C(=O)OOC(=O)OC2CCC(CC3CCC(OC(=O)OOC(=O)c4c(C)cc(C)cc4C)CC3)CC2)c(C)c1. The summed E-state index contributed by atoms with van der Waals surface area (Å²) in [6.45, 7) is 11.1. The molecule has 4 rings (SSSR count). The van der Waals surface area contributed by atoms with E-state index in [-0.39, 0.29) is 12.2 Å². The highest BCUT2D eigenvalue weighted by molar-refractivity contribution is 5.93. The van der Waals surface area contributed by atoms with Gasteiger partial charge in [-0.05, 0) is 133 Å². The van der Waals surface area contributed by atoms with Crippen LogP contribution in [0.2, 0.25) is 0 Å². The summed E-state index contributed by atoms with van der Waals surface area (Å²) in [5.41, 5.74) is 5.80. The molecule has 2 saturated carbocycles. The first-order valence-electron chi connectivity index (χ1n) is 15.7. The highest BCUT2D eigenvalue weighted by Crippen LogP contribution is 2.37. The van der Waals surface area contributed by atoms with E-state index >= 15 is 0 Å². The average molecular weight is 625 g/mol. The van der Waals surface area contributed by atoms with E-state index in [9.17, 15) is 19.2 Å². The lowest BCUT2D eigenvalue weighted by molar-refractivity contribution is -0.208. The lowest BCUT2D eigenvalue weighted by Gasteiger charge is -2.33. The van der Waals surface area contributed by atoms with Crippen LogP contribution in [0.15, 0.2) is 24.3 Å². The molecule has 244 valence electrons. The third kappa shape index (κ3) is 9.45. The second-order valence-electron chi connectivity index (χ2n) is 12.7. The molecule has 0 bridgehead atoms. The maximum atomic E-state index is 12.4. The zero-order valence-electron chi connectivity index (χ0n) is 27.1. The Morgan fingerprint density at radius 1 is 0.511 bits per heavy atom. The van der Waals surface area contributed by atoms with Crippen LogP contribution < -0.4 is 0 Å². The molecular weight excluding hydrogens is 580 g/mol. The van der Waals surface area contributed by atoms with Crippen molar-refractivity contribution in [1.29, 1.82) is 0 Å². The highest BCUT2D eigenvalue weighted by atomic mass is 17.2. The maximum absolute atomic E-state index is 12.4. The predicted molar refractivity (Wildman–Crippen MR) is 163 cm³/mol. The van der Waals surface area contributed by atoms with Gasteiger partial charge >= 0.3 is 24.2 Å². The van der Waals surface area contributed by atoms with Crippen LogP contribution in [0.3, 0.4) is 0 Å². The van der Waals surface area contributed by atoms with E-state index in [0.717, 1.165) is 65.5 Å². The van der Waals surface area contributed by atoms with Crippen LogP contribution in [0, 0.1) is 53.4 Å². The van der Waals surface area contributed by atoms with Crippen LogP contribution in [-0.4, -0.2) is 36.5 Å². The van der Waals surface area contributed by atoms with E-state index in [2.05, 4.69) is 9.78 Å². The summed E-state index contributed by atoms with van der Waals surface area (Å²) in [6, 6.07) is 7.47. The summed E-state index contributed by atoms with van der Waals surface area (Å²) in [6.07, 6.45) is 5.04. The first-order chi connectivity index (χ1) is 21.4. The summed E-state index contributed by atoms with van der Waals surface area (Å²) in [5, 5.41) is 0. The lowest BCUT2D eigenvalue weighted by Crippen LogP contribution is -2.29. The number of carbonyl (C=O) groups excluding carboxylic acids is 4. The van der Waals surface area contributed by atoms with Gasteiger partial charge in [0.25, 0.3) is 0 Å². The molecule has 0 amide bonds. The van der Waals surface area contributed by atoms with Crippen LogP contribution >= 0.6 is 0 Å². The van der Waals surface area contributed by atoms with Crippen molar-refractivity contribution in [2.24, 2.45) is 11.8 Å². The molecule has 10 nitrogen and oxygen atoms in total. The molecule has 45 heavy (non-hydrogen) atoms. The molecule has 10 heteroatoms. The minimum atomic E-state index is -1.01. The molecule has 0 saturated heterocycles. The van der Waals surface area contributed by atoms with E-state index in [1.54, 1.807) is 27.7 Å². The zero-order chi connectivity index (χ0) is 32.7. The van der Waals surface area contributed by atoms with Crippen molar-refractivity contribution in [1.82, 2.24) is 0 Å². The Hall–Kier alpha value is -4.08. The summed E-state index contributed by atoms with van der Waals surface area (Å²) < 4.78 is 10.8. The summed E-state index contributed by atoms with van der Waals surface area (Å²) in [7, 11) is 0. The van der Waals surface area contributed by atoms with Crippen molar-refractivity contribution in [3.63, 3.8) is 0 Å². The normalized spacial score (nSPS) is 21.3. The summed E-state index contributed by atoms with van der Waals surface area (Å²) in [4.78, 5) is 68.0. The highest BCUT2D eigenvalue weighted by Gasteiger charge is 2.31. The molecule has 0 aliphatic heterocycles. The molecule has 0 heterocycles. The minimum Gasteiger partial charge on any atom is -0.428 e. The summed E-state index contributed by atoms with van der Waals surface area (Å²) in [5.74, 6) is -0.415. The lowest BCUT2D eigenvalue weighted by atomic mass is 9.76. The maximum Gasteiger partial charge on any atom is 0.550 e. The Labute approximate surface area is 264 Å². The molecule has 2 aliphatic carbocycles. The van der Waals surface area contributed by atoms with Gasteiger partial charge in [0.2, 0.25) is 0 Å². The second kappa shape index (κ2) is 15.3. The quantitative estimate of drug-likeness (QED) is 0.176. The van der Waals surface area contributed by atoms with Gasteiger partial charge in [-0.25, -0.2) is 29.1 Å². The third-order valence-corrected chi connectivity index (χ3v) is 8.91. The van der Waals surface area contributed by atoms with Gasteiger partial charge in [-0.15, -0.1) is 0 Å². The zero-order valence-corrected chi connectivity index (χ0v) is 27.1. The minimum absolute atomic E-state index is 0.279. The third-order valence-electron chi connectivity index (χ3n) is 8.91. The standard InChI is InChI=1S/C35H44O10/c1-20-15-22(3)30(23(4)16-20)32(36)42-44-34(38)40-28-11-7-26(8-12-28)19-27-9-13-29(14-10-27)41-35(39)45-43-33(37)31-24(5)17-21(2)18-25(31)6/h15-18,26-29H,7-14,19H2,1-6H3. The predicted octanol–water partition coefficient (Wildman–Crippen LogP) is 8.20. The second-order valence-corrected chi connectivity index (χ2v) is 12.7. The Bertz CT molecular complexity index is 1250. The van der Waals surface area contributed by atoms with Crippen LogP contribution in [-0.2, 0) is 29.0 Å². The number of aryl methyl sites for hydroxylation is 6. The Kier molecular flexibility index (Phi) is 11.5. The molecule has 2 fully saturated rings. The van der Waals surface area contributed by atoms with Crippen molar-refractivity contribution in [2.45, 2.75) is 112 Å². The van der Waals surface area contributed by atoms with E-state index < -0.39 is 24.2 Å². The first-order valence-corrected chi connectivity index (χ1v) is 15.7. The molecule has 0 radical (unpaired) electrons. The molecule has 0 aromatic heterocycles. The van der Waals surface area contributed by atoms with Crippen molar-refractivity contribution in [2.75, 3.05) is 0 Å². The fraction of sp³-hybridized carbons (Fsp3) is 0.543. The van der Waals surface area contributed by atoms with Crippen LogP contribution in [0.4, 0.5) is 9.59 Å². The van der Waals surface area contributed by atoms with E-state index in [0.29, 0.717) is 48.6 Å². The molecule has 0 atom stereocenters. The van der Waals surface area contributed by atoms with E-state index in [4.69, 9.17) is 19.2 Å². The van der Waals surface area contributed by atoms with Crippen molar-refractivity contribution in [3.05, 3.63) is 68.8 Å². The van der Waals surface area contributed by atoms with Gasteiger partial charge in [0.15, 0.2) is 0 Å². The molecule has 2 aromatic carbocycles. The largest absolute Gasteiger partial charge is 0.550 e. The van der Waals surface area contributed by atoms with Gasteiger partial charge in [-0.1, -0.05) is 35.4 Å². The van der Waals surface area contributed by atoms with Crippen molar-refractivity contribution < 1.29 is 48.2 Å². The molecule has 0 spiro atoms. The van der Waals surface area contributed by atoms with Crippen molar-refractivity contribution >= 4 is 24.2 Å². The number of carbonyl (C=O) groups is 4. The van der Waals surface area contributed by atoms with Crippen LogP contribution in [0.5, 0.6) is 0 Å². The fourth-order valence-corrected chi connectivity index (χ4v) is 6.98. The van der Waals surface area contributed by atoms with Gasteiger partial charge in [0.05, 0.1) is 11.1 Å². The van der Waals surface area contributed by atoms with Gasteiger partial charge in [-0.3, -0.25) is 0 Å². The van der Waals surface area contributed by atoms with Crippen LogP contribution in [0.1, 0.15) is 112 Å². The molecule has 2 aromatic rings. The number of benzene rings is 2. The average Bonchev–Trinajstić information content (AvgIpc) is 2.96. The van der Waals surface area contributed by atoms with Gasteiger partial charge in [0, 0.05) is 0 Å². The van der Waals surface area contributed by atoms with Crippen LogP contribution in [0.25, 0.3) is 0 Å². The molecule has 0 unspecified atom stereocenters. The number of hydrogen-bond donors (Lipinski definition) is 0. The number of rotatable bonds is 6. The topological polar surface area (TPSA) is 124 Å². The molecule has 2 aliphatic rings. The van der Waals surface area contributed by atoms with Crippen molar-refractivity contribution in [3.8, 4) is 0 Å². The van der Waals surface area contributed by atoms with Gasteiger partial charge < -0.3 is 9.47 Å². The van der Waals surface area contributed by atoms with Gasteiger partial charge in [0.1, 0.15) is 12.2 Å². The summed E-state index contributed by atoms with van der Waals surface area (Å²) >= 11 is 0. The fourth-order valence-electron chi connectivity index (χ4n) is 6.98. The smallest absolute Gasteiger partial charge is 0.428 e. The number of ether oxygens (including phenoxy) is 2. The monoisotopic (exact) mass is 624 g/mol. The molecular formula is C35H44O10.